The van der Waals surface area contributed by atoms with E-state index in [9.17, 15) is 0 Å². The second-order valence-electron chi connectivity index (χ2n) is 39.2. The van der Waals surface area contributed by atoms with Crippen LogP contribution in [0.3, 0.4) is 0 Å². The molecule has 0 radical (unpaired) electrons. The van der Waals surface area contributed by atoms with E-state index >= 15 is 0 Å². The number of hydrogen-bond acceptors (Lipinski definition) is 10. The van der Waals surface area contributed by atoms with Crippen molar-refractivity contribution < 1.29 is 13.3 Å². The van der Waals surface area contributed by atoms with Gasteiger partial charge in [0.25, 0.3) is 0 Å². The quantitative estimate of drug-likeness (QED) is 0.123. The van der Waals surface area contributed by atoms with Crippen LogP contribution in [0.4, 0.5) is 0 Å². The first-order chi connectivity index (χ1) is 74.4. The van der Waals surface area contributed by atoms with Gasteiger partial charge in [-0.15, -0.1) is 0 Å². The van der Waals surface area contributed by atoms with E-state index in [0.29, 0.717) is 29.1 Å². The standard InChI is InChI=1S/C49H30N2O.C48H29N3O.C43H26N2O/c1-3-14-32(15-4-1)42-30-43(51-48(50-42)34-16-5-2-6-17-34)33-28-26-31(27-29-33)35-21-13-24-41-45(35)36-18-7-10-22-39(36)49(41)40-23-11-8-19-37(40)47-46(49)38-20-9-12-25-44(38)52-47;1-3-14-31(15-4-1)45-49-46(32-16-5-2-6-17-32)51-47(50-45)33-28-26-30(27-29-33)34-21-13-24-40-42(34)44-43(37-20-9-12-25-41(37)52-44)48(40)38-22-10-7-18-35(38)36-19-8-11-23-39(36)48;1-3-13-27(14-4-1)37-26-38(28-15-5-2-6-16-28)45-42(44-37)29-23-24-32-36(25-29)43(40-33-19-9-12-22-39(33)46-41(32)40)34-20-10-7-17-30(34)31-18-8-11-21-35(31)43/h1-30H;1-29H;1-26H. The molecule has 1 unspecified atom stereocenters. The van der Waals surface area contributed by atoms with E-state index in [1.165, 1.54) is 117 Å². The summed E-state index contributed by atoms with van der Waals surface area (Å²) in [5.74, 6) is 6.21. The fraction of sp³-hybridized carbons (Fsp3) is 0.0214. The fourth-order valence-electron chi connectivity index (χ4n) is 25.2. The van der Waals surface area contributed by atoms with E-state index in [-0.39, 0.29) is 0 Å². The lowest BCUT2D eigenvalue weighted by atomic mass is 9.70. The van der Waals surface area contributed by atoms with Gasteiger partial charge in [0.05, 0.1) is 39.0 Å². The van der Waals surface area contributed by atoms with Crippen molar-refractivity contribution in [2.24, 2.45) is 0 Å². The SMILES string of the molecule is c1ccc(-c2cc(-c3ccc(-c4cccc5c4-c4ccccc4C54c5ccccc5-c5oc6ccccc6c54)cc3)nc(-c3ccccc3)n2)cc1.c1ccc(-c2cc(-c3ccccc3)nc(-c3ccc4c(c3)C3(c5ccccc5-c5ccccc53)c3c-4oc4ccccc34)n2)cc1.c1ccc(-c2nc(-c3ccccc3)nc(-c3ccc(-c4cccc5c4-c4oc6ccccc6c4C54c5ccccc5-c5ccccc54)cc3)n2)cc1. The molecule has 0 aliphatic heterocycles. The highest BCUT2D eigenvalue weighted by atomic mass is 16.3. The second-order valence-corrected chi connectivity index (χ2v) is 39.2. The van der Waals surface area contributed by atoms with Gasteiger partial charge < -0.3 is 13.3 Å². The zero-order valence-electron chi connectivity index (χ0n) is 80.9. The van der Waals surface area contributed by atoms with Crippen molar-refractivity contribution >= 4 is 32.9 Å². The van der Waals surface area contributed by atoms with Gasteiger partial charge in [-0.1, -0.05) is 479 Å². The van der Waals surface area contributed by atoms with Crippen molar-refractivity contribution in [2.75, 3.05) is 0 Å². The van der Waals surface area contributed by atoms with E-state index in [1.807, 2.05) is 97.1 Å². The smallest absolute Gasteiger partial charge is 0.164 e. The van der Waals surface area contributed by atoms with Crippen molar-refractivity contribution in [3.05, 3.63) is 582 Å². The molecule has 20 aromatic carbocycles. The molecular weight excluding hydrogens is 1830 g/mol. The highest BCUT2D eigenvalue weighted by Crippen LogP contribution is 2.70. The van der Waals surface area contributed by atoms with E-state index in [2.05, 4.69) is 419 Å². The van der Waals surface area contributed by atoms with Gasteiger partial charge in [-0.05, 0) is 142 Å². The van der Waals surface area contributed by atoms with Crippen LogP contribution >= 0.6 is 0 Å². The van der Waals surface area contributed by atoms with E-state index < -0.39 is 16.2 Å². The molecule has 10 nitrogen and oxygen atoms in total. The summed E-state index contributed by atoms with van der Waals surface area (Å²) >= 11 is 0. The van der Waals surface area contributed by atoms with Crippen LogP contribution in [0.1, 0.15) is 66.8 Å². The normalized spacial score (nSPS) is 13.9. The minimum Gasteiger partial charge on any atom is -0.456 e. The molecule has 0 amide bonds. The van der Waals surface area contributed by atoms with Crippen LogP contribution < -0.4 is 0 Å². The zero-order chi connectivity index (χ0) is 98.7. The number of nitrogens with zero attached hydrogens (tertiary/aromatic N) is 7. The fourth-order valence-corrected chi connectivity index (χ4v) is 25.2. The summed E-state index contributed by atoms with van der Waals surface area (Å²) in [4.78, 5) is 35.2. The van der Waals surface area contributed by atoms with Crippen molar-refractivity contribution in [1.82, 2.24) is 34.9 Å². The van der Waals surface area contributed by atoms with Gasteiger partial charge in [-0.25, -0.2) is 34.9 Å². The Kier molecular flexibility index (Phi) is 19.5. The average Bonchev–Trinajstić information content (AvgIpc) is 1.50. The molecule has 32 rings (SSSR count). The first-order valence-electron chi connectivity index (χ1n) is 51.0. The number of aromatic nitrogens is 7. The Labute approximate surface area is 865 Å². The van der Waals surface area contributed by atoms with E-state index in [1.54, 1.807) is 0 Å². The number of rotatable bonds is 11. The summed E-state index contributed by atoms with van der Waals surface area (Å²) < 4.78 is 20.3. The molecule has 6 heterocycles. The summed E-state index contributed by atoms with van der Waals surface area (Å²) in [6.07, 6.45) is 0. The number of fused-ring (bicyclic) bond motifs is 36. The first-order valence-corrected chi connectivity index (χ1v) is 51.0. The molecule has 26 aromatic rings. The van der Waals surface area contributed by atoms with Crippen LogP contribution in [0.5, 0.6) is 0 Å². The lowest BCUT2D eigenvalue weighted by Gasteiger charge is -2.30. The van der Waals surface area contributed by atoms with Gasteiger partial charge in [-0.3, -0.25) is 0 Å². The van der Waals surface area contributed by atoms with Crippen LogP contribution in [0.15, 0.2) is 529 Å². The van der Waals surface area contributed by atoms with Crippen LogP contribution in [0.25, 0.3) is 224 Å². The molecule has 6 aromatic heterocycles. The molecule has 1 atom stereocenters. The number of furan rings is 3. The molecular formula is C140H85N7O3. The molecule has 698 valence electrons. The van der Waals surface area contributed by atoms with Gasteiger partial charge in [0.1, 0.15) is 34.0 Å². The minimum absolute atomic E-state index is 0.483. The first kappa shape index (κ1) is 85.7. The van der Waals surface area contributed by atoms with Crippen molar-refractivity contribution in [3.8, 4) is 192 Å². The van der Waals surface area contributed by atoms with Gasteiger partial charge in [0.15, 0.2) is 29.1 Å². The largest absolute Gasteiger partial charge is 0.456 e. The van der Waals surface area contributed by atoms with Gasteiger partial charge in [0.2, 0.25) is 0 Å². The zero-order valence-corrected chi connectivity index (χ0v) is 80.9. The van der Waals surface area contributed by atoms with Crippen molar-refractivity contribution in [1.29, 1.82) is 0 Å². The van der Waals surface area contributed by atoms with Crippen LogP contribution in [0, 0.1) is 0 Å². The molecule has 0 saturated heterocycles. The Hall–Kier alpha value is -19.8. The van der Waals surface area contributed by atoms with Gasteiger partial charge >= 0.3 is 0 Å². The third-order valence-electron chi connectivity index (χ3n) is 31.4. The monoisotopic (exact) mass is 1910 g/mol. The number of para-hydroxylation sites is 3. The molecule has 6 aliphatic carbocycles. The third kappa shape index (κ3) is 12.9. The topological polar surface area (TPSA) is 130 Å². The van der Waals surface area contributed by atoms with Crippen LogP contribution in [0.2, 0.25) is 0 Å². The molecule has 0 fully saturated rings. The molecule has 10 heteroatoms. The Morgan fingerprint density at radius 2 is 0.380 bits per heavy atom. The number of hydrogen-bond donors (Lipinski definition) is 0. The highest BCUT2D eigenvalue weighted by Gasteiger charge is 2.58. The summed E-state index contributed by atoms with van der Waals surface area (Å²) in [6.45, 7) is 0. The van der Waals surface area contributed by atoms with E-state index in [4.69, 9.17) is 48.1 Å². The highest BCUT2D eigenvalue weighted by molar-refractivity contribution is 6.09. The molecule has 0 saturated carbocycles. The minimum atomic E-state index is -0.528. The second kappa shape index (κ2) is 34.2. The molecule has 150 heavy (non-hydrogen) atoms. The molecule has 3 spiro atoms. The molecule has 0 bridgehead atoms. The lowest BCUT2D eigenvalue weighted by molar-refractivity contribution is 0.628. The summed E-state index contributed by atoms with van der Waals surface area (Å²) in [5, 5.41) is 3.47. The maximum absolute atomic E-state index is 6.89. The predicted molar refractivity (Wildman–Crippen MR) is 602 cm³/mol. The number of benzene rings is 20. The van der Waals surface area contributed by atoms with Gasteiger partial charge in [0, 0.05) is 99.6 Å². The Morgan fingerprint density at radius 3 is 0.780 bits per heavy atom. The van der Waals surface area contributed by atoms with E-state index in [0.717, 1.165) is 145 Å². The predicted octanol–water partition coefficient (Wildman–Crippen LogP) is 34.4. The Morgan fingerprint density at radius 1 is 0.140 bits per heavy atom. The molecule has 6 aliphatic rings. The van der Waals surface area contributed by atoms with Crippen molar-refractivity contribution in [3.63, 3.8) is 0 Å². The van der Waals surface area contributed by atoms with Crippen LogP contribution in [-0.2, 0) is 16.2 Å². The summed E-state index contributed by atoms with van der Waals surface area (Å²) in [6, 6.07) is 182. The van der Waals surface area contributed by atoms with Crippen LogP contribution in [-0.4, -0.2) is 34.9 Å². The Bertz CT molecular complexity index is 9690. The molecule has 0 N–H and O–H groups in total. The maximum atomic E-state index is 6.89. The lowest BCUT2D eigenvalue weighted by Crippen LogP contribution is -2.25. The Balaban J connectivity index is 0.000000104. The summed E-state index contributed by atoms with van der Waals surface area (Å²) in [5.41, 5.74) is 44.7. The average molecular weight is 1910 g/mol. The van der Waals surface area contributed by atoms with Gasteiger partial charge in [-0.2, -0.15) is 0 Å². The summed E-state index contributed by atoms with van der Waals surface area (Å²) in [7, 11) is 0. The van der Waals surface area contributed by atoms with Crippen molar-refractivity contribution in [2.45, 2.75) is 16.2 Å². The maximum Gasteiger partial charge on any atom is 0.164 e. The third-order valence-corrected chi connectivity index (χ3v) is 31.4.